The third-order valence-electron chi connectivity index (χ3n) is 3.21. The van der Waals surface area contributed by atoms with Gasteiger partial charge in [0.05, 0.1) is 11.0 Å². The lowest BCUT2D eigenvalue weighted by Gasteiger charge is -2.22. The van der Waals surface area contributed by atoms with Gasteiger partial charge in [0, 0.05) is 12.6 Å². The van der Waals surface area contributed by atoms with Crippen LogP contribution in [0.3, 0.4) is 0 Å². The molecule has 1 atom stereocenters. The zero-order valence-electron chi connectivity index (χ0n) is 10.5. The van der Waals surface area contributed by atoms with E-state index in [1.807, 2.05) is 0 Å². The molecule has 0 amide bonds. The van der Waals surface area contributed by atoms with Crippen molar-refractivity contribution < 1.29 is 17.7 Å². The van der Waals surface area contributed by atoms with E-state index in [0.29, 0.717) is 12.8 Å². The van der Waals surface area contributed by atoms with E-state index in [1.54, 1.807) is 0 Å². The zero-order valence-corrected chi connectivity index (χ0v) is 11.3. The minimum Gasteiger partial charge on any atom is -0.258 e. The van der Waals surface area contributed by atoms with Crippen molar-refractivity contribution in [2.75, 3.05) is 6.54 Å². The van der Waals surface area contributed by atoms with Gasteiger partial charge >= 0.3 is 0 Å². The molecule has 1 fully saturated rings. The Bertz CT molecular complexity index is 659. The van der Waals surface area contributed by atoms with E-state index in [0.717, 1.165) is 16.4 Å². The SMILES string of the molecule is C=C(F)C1CCCN1S(=O)(=O)c1ccccc1[N+](=O)[O-]. The van der Waals surface area contributed by atoms with Gasteiger partial charge in [0.25, 0.3) is 15.7 Å². The molecule has 108 valence electrons. The highest BCUT2D eigenvalue weighted by Crippen LogP contribution is 2.33. The Morgan fingerprint density at radius 3 is 2.70 bits per heavy atom. The van der Waals surface area contributed by atoms with E-state index in [2.05, 4.69) is 6.58 Å². The van der Waals surface area contributed by atoms with E-state index in [-0.39, 0.29) is 6.54 Å². The summed E-state index contributed by atoms with van der Waals surface area (Å²) >= 11 is 0. The van der Waals surface area contributed by atoms with Crippen LogP contribution in [0.25, 0.3) is 0 Å². The number of nitro benzene ring substituents is 1. The van der Waals surface area contributed by atoms with Crippen molar-refractivity contribution in [1.29, 1.82) is 0 Å². The molecule has 0 aromatic heterocycles. The van der Waals surface area contributed by atoms with E-state index >= 15 is 0 Å². The molecule has 0 N–H and O–H groups in total. The summed E-state index contributed by atoms with van der Waals surface area (Å²) in [5.74, 6) is -0.746. The second-order valence-electron chi connectivity index (χ2n) is 4.45. The first-order chi connectivity index (χ1) is 9.35. The molecular formula is C12H13FN2O4S. The smallest absolute Gasteiger partial charge is 0.258 e. The van der Waals surface area contributed by atoms with E-state index in [1.165, 1.54) is 12.1 Å². The first-order valence-corrected chi connectivity index (χ1v) is 7.39. The van der Waals surface area contributed by atoms with Crippen LogP contribution in [-0.4, -0.2) is 30.2 Å². The number of sulfonamides is 1. The standard InChI is InChI=1S/C12H13FN2O4S/c1-9(13)10-6-4-8-14(10)20(18,19)12-7-3-2-5-11(12)15(16)17/h2-3,5,7,10H,1,4,6,8H2. The molecule has 1 saturated heterocycles. The van der Waals surface area contributed by atoms with Gasteiger partial charge in [-0.2, -0.15) is 4.31 Å². The van der Waals surface area contributed by atoms with Crippen molar-refractivity contribution in [3.63, 3.8) is 0 Å². The summed E-state index contributed by atoms with van der Waals surface area (Å²) in [6.45, 7) is 3.27. The summed E-state index contributed by atoms with van der Waals surface area (Å²) in [5, 5.41) is 10.9. The van der Waals surface area contributed by atoms with Crippen LogP contribution >= 0.6 is 0 Å². The number of rotatable bonds is 4. The Balaban J connectivity index is 2.51. The van der Waals surface area contributed by atoms with Crippen molar-refractivity contribution in [1.82, 2.24) is 4.31 Å². The van der Waals surface area contributed by atoms with Gasteiger partial charge in [0.15, 0.2) is 4.90 Å². The van der Waals surface area contributed by atoms with Gasteiger partial charge < -0.3 is 0 Å². The van der Waals surface area contributed by atoms with Crippen LogP contribution in [0.4, 0.5) is 10.1 Å². The fourth-order valence-electron chi connectivity index (χ4n) is 2.29. The monoisotopic (exact) mass is 300 g/mol. The van der Waals surface area contributed by atoms with Gasteiger partial charge in [-0.1, -0.05) is 18.7 Å². The fourth-order valence-corrected chi connectivity index (χ4v) is 4.13. The van der Waals surface area contributed by atoms with Gasteiger partial charge in [-0.05, 0) is 18.9 Å². The molecule has 0 radical (unpaired) electrons. The highest BCUT2D eigenvalue weighted by Gasteiger charge is 2.39. The van der Waals surface area contributed by atoms with Crippen LogP contribution in [0.5, 0.6) is 0 Å². The molecule has 6 nitrogen and oxygen atoms in total. The van der Waals surface area contributed by atoms with Crippen molar-refractivity contribution in [2.24, 2.45) is 0 Å². The highest BCUT2D eigenvalue weighted by atomic mass is 32.2. The maximum Gasteiger partial charge on any atom is 0.289 e. The molecule has 0 bridgehead atoms. The van der Waals surface area contributed by atoms with Crippen LogP contribution in [0.15, 0.2) is 41.6 Å². The molecule has 0 spiro atoms. The fraction of sp³-hybridized carbons (Fsp3) is 0.333. The summed E-state index contributed by atoms with van der Waals surface area (Å²) in [6, 6.07) is 4.10. The lowest BCUT2D eigenvalue weighted by atomic mass is 10.2. The van der Waals surface area contributed by atoms with Crippen LogP contribution in [0.1, 0.15) is 12.8 Å². The normalized spacial score (nSPS) is 19.9. The number of halogens is 1. The largest absolute Gasteiger partial charge is 0.289 e. The van der Waals surface area contributed by atoms with Crippen molar-refractivity contribution in [3.8, 4) is 0 Å². The molecule has 1 aliphatic rings. The van der Waals surface area contributed by atoms with Crippen LogP contribution in [-0.2, 0) is 10.0 Å². The Morgan fingerprint density at radius 1 is 1.45 bits per heavy atom. The molecular weight excluding hydrogens is 287 g/mol. The molecule has 0 saturated carbocycles. The Kier molecular flexibility index (Phi) is 3.87. The predicted molar refractivity (Wildman–Crippen MR) is 70.3 cm³/mol. The van der Waals surface area contributed by atoms with Gasteiger partial charge in [-0.3, -0.25) is 10.1 Å². The number of nitrogens with zero attached hydrogens (tertiary/aromatic N) is 2. The van der Waals surface area contributed by atoms with Gasteiger partial charge in [-0.15, -0.1) is 0 Å². The molecule has 0 aliphatic carbocycles. The number of nitro groups is 1. The minimum absolute atomic E-state index is 0.127. The molecule has 1 aromatic carbocycles. The quantitative estimate of drug-likeness (QED) is 0.631. The Morgan fingerprint density at radius 2 is 2.10 bits per heavy atom. The van der Waals surface area contributed by atoms with Crippen molar-refractivity contribution in [2.45, 2.75) is 23.8 Å². The number of para-hydroxylation sites is 1. The Hall–Kier alpha value is -1.80. The third kappa shape index (κ3) is 2.44. The third-order valence-corrected chi connectivity index (χ3v) is 5.17. The maximum absolute atomic E-state index is 13.3. The average Bonchev–Trinajstić information content (AvgIpc) is 2.88. The second kappa shape index (κ2) is 5.29. The minimum atomic E-state index is -4.12. The number of hydrogen-bond acceptors (Lipinski definition) is 4. The van der Waals surface area contributed by atoms with Crippen LogP contribution < -0.4 is 0 Å². The molecule has 2 rings (SSSR count). The molecule has 1 aliphatic heterocycles. The topological polar surface area (TPSA) is 80.5 Å². The summed E-state index contributed by atoms with van der Waals surface area (Å²) in [6.07, 6.45) is 0.822. The van der Waals surface area contributed by atoms with Gasteiger partial charge in [-0.25, -0.2) is 12.8 Å². The number of hydrogen-bond donors (Lipinski definition) is 0. The first-order valence-electron chi connectivity index (χ1n) is 5.95. The summed E-state index contributed by atoms with van der Waals surface area (Å²) in [5.41, 5.74) is -0.511. The van der Waals surface area contributed by atoms with Crippen LogP contribution in [0.2, 0.25) is 0 Å². The maximum atomic E-state index is 13.3. The molecule has 20 heavy (non-hydrogen) atoms. The zero-order chi connectivity index (χ0) is 14.9. The molecule has 1 aromatic rings. The summed E-state index contributed by atoms with van der Waals surface area (Å²) < 4.78 is 39.2. The Labute approximate surface area is 115 Å². The van der Waals surface area contributed by atoms with Crippen molar-refractivity contribution >= 4 is 15.7 Å². The van der Waals surface area contributed by atoms with E-state index in [4.69, 9.17) is 0 Å². The van der Waals surface area contributed by atoms with Crippen molar-refractivity contribution in [3.05, 3.63) is 46.8 Å². The molecule has 1 unspecified atom stereocenters. The van der Waals surface area contributed by atoms with Gasteiger partial charge in [0.2, 0.25) is 0 Å². The predicted octanol–water partition coefficient (Wildman–Crippen LogP) is 2.23. The lowest BCUT2D eigenvalue weighted by Crippen LogP contribution is -2.36. The molecule has 8 heteroatoms. The average molecular weight is 300 g/mol. The summed E-state index contributed by atoms with van der Waals surface area (Å²) in [7, 11) is -4.12. The lowest BCUT2D eigenvalue weighted by molar-refractivity contribution is -0.387. The molecule has 1 heterocycles. The second-order valence-corrected chi connectivity index (χ2v) is 6.30. The first kappa shape index (κ1) is 14.6. The summed E-state index contributed by atoms with van der Waals surface area (Å²) in [4.78, 5) is 9.75. The van der Waals surface area contributed by atoms with Gasteiger partial charge in [0.1, 0.15) is 5.83 Å². The van der Waals surface area contributed by atoms with E-state index < -0.39 is 37.4 Å². The van der Waals surface area contributed by atoms with Crippen LogP contribution in [0, 0.1) is 10.1 Å². The van der Waals surface area contributed by atoms with E-state index in [9.17, 15) is 22.9 Å². The number of benzene rings is 1. The highest BCUT2D eigenvalue weighted by molar-refractivity contribution is 7.89.